The molecule has 10 rings (SSSR count). The molecule has 1 atom stereocenters. The van der Waals surface area contributed by atoms with E-state index < -0.39 is 35.5 Å². The van der Waals surface area contributed by atoms with Crippen molar-refractivity contribution in [2.24, 2.45) is 5.92 Å². The fourth-order valence-corrected chi connectivity index (χ4v) is 9.79. The number of hydrogen-bond acceptors (Lipinski definition) is 12. The van der Waals surface area contributed by atoms with Gasteiger partial charge < -0.3 is 29.9 Å². The summed E-state index contributed by atoms with van der Waals surface area (Å²) in [7, 11) is 0. The first-order chi connectivity index (χ1) is 31.6. The molecule has 1 saturated carbocycles. The van der Waals surface area contributed by atoms with E-state index in [0.29, 0.717) is 76.3 Å². The molecular weight excluding hydrogens is 834 g/mol. The van der Waals surface area contributed by atoms with Gasteiger partial charge in [0, 0.05) is 75.6 Å². The zero-order chi connectivity index (χ0) is 44.8. The standard InChI is InChI=1S/C47H48FN11O6/c48-36-24-34-35(47(65)59(46(34)64)37-10-11-39(60)54-45(37)63)25-38(36)56-14-12-29(13-15-56)21-41(62)57-18-16-55(17-19-57)32-8-6-30(7-9-32)53-43-42-44(50-26-49-43)58(27-51-42)33-22-31(23-33)52-40(61)20-28-4-2-1-3-5-28/h1-9,24-27,29,31,33,37H,10-23H2,(H,52,61)(H,49,50,53)(H,54,60,63). The van der Waals surface area contributed by atoms with Crippen LogP contribution < -0.4 is 25.8 Å². The number of imide groups is 2. The largest absolute Gasteiger partial charge is 0.369 e. The van der Waals surface area contributed by atoms with E-state index in [2.05, 4.69) is 52.5 Å². The molecule has 1 unspecified atom stereocenters. The predicted octanol–water partition coefficient (Wildman–Crippen LogP) is 4.13. The molecule has 1 aliphatic carbocycles. The summed E-state index contributed by atoms with van der Waals surface area (Å²) in [5.41, 5.74) is 4.46. The molecule has 65 heavy (non-hydrogen) atoms. The van der Waals surface area contributed by atoms with Gasteiger partial charge in [0.2, 0.25) is 23.6 Å². The number of hydrogen-bond donors (Lipinski definition) is 3. The Hall–Kier alpha value is -7.24. The predicted molar refractivity (Wildman–Crippen MR) is 237 cm³/mol. The van der Waals surface area contributed by atoms with Gasteiger partial charge in [-0.15, -0.1) is 0 Å². The number of carbonyl (C=O) groups is 6. The van der Waals surface area contributed by atoms with Gasteiger partial charge >= 0.3 is 0 Å². The minimum Gasteiger partial charge on any atom is -0.369 e. The summed E-state index contributed by atoms with van der Waals surface area (Å²) < 4.78 is 17.5. The minimum atomic E-state index is -1.12. The molecule has 3 aromatic carbocycles. The molecule has 5 aromatic rings. The summed E-state index contributed by atoms with van der Waals surface area (Å²) in [5.74, 6) is -2.38. The molecule has 5 aliphatic rings. The molecule has 0 radical (unpaired) electrons. The molecule has 0 bridgehead atoms. The maximum atomic E-state index is 15.5. The number of piperazine rings is 1. The Kier molecular flexibility index (Phi) is 11.2. The third-order valence-corrected chi connectivity index (χ3v) is 13.5. The minimum absolute atomic E-state index is 0.000132. The quantitative estimate of drug-likeness (QED) is 0.161. The number of amides is 6. The number of halogens is 1. The number of fused-ring (bicyclic) bond motifs is 2. The highest BCUT2D eigenvalue weighted by Crippen LogP contribution is 2.37. The van der Waals surface area contributed by atoms with Gasteiger partial charge in [-0.1, -0.05) is 30.3 Å². The van der Waals surface area contributed by atoms with Crippen LogP contribution in [0.4, 0.5) is 27.3 Å². The van der Waals surface area contributed by atoms with Crippen LogP contribution in [0.5, 0.6) is 0 Å². The van der Waals surface area contributed by atoms with Crippen LogP contribution in [-0.2, 0) is 25.6 Å². The molecule has 3 N–H and O–H groups in total. The van der Waals surface area contributed by atoms with E-state index in [4.69, 9.17) is 0 Å². The number of nitrogens with zero attached hydrogens (tertiary/aromatic N) is 8. The van der Waals surface area contributed by atoms with Crippen LogP contribution in [0.1, 0.15) is 77.3 Å². The van der Waals surface area contributed by atoms with E-state index in [0.717, 1.165) is 46.4 Å². The van der Waals surface area contributed by atoms with Crippen molar-refractivity contribution in [2.45, 2.75) is 69.5 Å². The Morgan fingerprint density at radius 1 is 0.800 bits per heavy atom. The lowest BCUT2D eigenvalue weighted by Gasteiger charge is -2.38. The maximum Gasteiger partial charge on any atom is 0.262 e. The Morgan fingerprint density at radius 3 is 2.25 bits per heavy atom. The number of imidazole rings is 1. The number of carbonyl (C=O) groups excluding carboxylic acids is 6. The van der Waals surface area contributed by atoms with Crippen LogP contribution in [-0.4, -0.2) is 116 Å². The molecule has 4 fully saturated rings. The van der Waals surface area contributed by atoms with Crippen LogP contribution in [0.3, 0.4) is 0 Å². The second-order valence-corrected chi connectivity index (χ2v) is 17.6. The second-order valence-electron chi connectivity index (χ2n) is 17.6. The van der Waals surface area contributed by atoms with Crippen molar-refractivity contribution < 1.29 is 33.2 Å². The summed E-state index contributed by atoms with van der Waals surface area (Å²) in [4.78, 5) is 97.1. The van der Waals surface area contributed by atoms with Crippen LogP contribution in [0, 0.1) is 11.7 Å². The monoisotopic (exact) mass is 881 g/mol. The van der Waals surface area contributed by atoms with Crippen molar-refractivity contribution in [2.75, 3.05) is 54.4 Å². The summed E-state index contributed by atoms with van der Waals surface area (Å²) >= 11 is 0. The van der Waals surface area contributed by atoms with Crippen molar-refractivity contribution in [3.05, 3.63) is 102 Å². The normalized spacial score (nSPS) is 21.3. The zero-order valence-corrected chi connectivity index (χ0v) is 35.6. The third-order valence-electron chi connectivity index (χ3n) is 13.5. The van der Waals surface area contributed by atoms with Gasteiger partial charge in [-0.25, -0.2) is 19.3 Å². The van der Waals surface area contributed by atoms with Crippen LogP contribution in [0.2, 0.25) is 0 Å². The average Bonchev–Trinajstić information content (AvgIpc) is 3.83. The van der Waals surface area contributed by atoms with Crippen molar-refractivity contribution in [1.82, 2.24) is 40.0 Å². The van der Waals surface area contributed by atoms with E-state index in [9.17, 15) is 28.8 Å². The van der Waals surface area contributed by atoms with Crippen LogP contribution in [0.25, 0.3) is 11.2 Å². The van der Waals surface area contributed by atoms with Crippen LogP contribution >= 0.6 is 0 Å². The average molecular weight is 882 g/mol. The van der Waals surface area contributed by atoms with E-state index in [1.54, 1.807) is 6.33 Å². The van der Waals surface area contributed by atoms with Gasteiger partial charge in [0.15, 0.2) is 17.0 Å². The zero-order valence-electron chi connectivity index (χ0n) is 35.6. The lowest BCUT2D eigenvalue weighted by atomic mass is 9.86. The molecule has 334 valence electrons. The van der Waals surface area contributed by atoms with E-state index in [-0.39, 0.29) is 59.5 Å². The van der Waals surface area contributed by atoms with Crippen molar-refractivity contribution in [1.29, 1.82) is 0 Å². The molecule has 4 aliphatic heterocycles. The Balaban J connectivity index is 0.678. The van der Waals surface area contributed by atoms with Crippen molar-refractivity contribution in [3.8, 4) is 0 Å². The van der Waals surface area contributed by atoms with E-state index in [1.165, 1.54) is 12.4 Å². The van der Waals surface area contributed by atoms with Crippen molar-refractivity contribution in [3.63, 3.8) is 0 Å². The first-order valence-corrected chi connectivity index (χ1v) is 22.3. The third kappa shape index (κ3) is 8.35. The summed E-state index contributed by atoms with van der Waals surface area (Å²) in [6.07, 6.45) is 7.06. The Labute approximate surface area is 373 Å². The molecule has 18 heteroatoms. The SMILES string of the molecule is O=C1CCC(N2C(=O)c3cc(F)c(N4CCC(CC(=O)N5CCN(c6ccc(Nc7ncnc8c7ncn8C7CC(NC(=O)Cc8ccccc8)C7)cc6)CC5)CC4)cc3C2=O)C(=O)N1. The van der Waals surface area contributed by atoms with E-state index in [1.807, 2.05) is 52.3 Å². The number of benzene rings is 3. The Morgan fingerprint density at radius 2 is 1.52 bits per heavy atom. The van der Waals surface area contributed by atoms with Gasteiger partial charge in [0.1, 0.15) is 18.2 Å². The molecule has 2 aromatic heterocycles. The van der Waals surface area contributed by atoms with Gasteiger partial charge in [0.05, 0.1) is 29.6 Å². The topological polar surface area (TPSA) is 195 Å². The molecule has 0 spiro atoms. The molecule has 3 saturated heterocycles. The van der Waals surface area contributed by atoms with Gasteiger partial charge in [-0.2, -0.15) is 0 Å². The smallest absolute Gasteiger partial charge is 0.262 e. The number of nitrogens with one attached hydrogen (secondary N) is 3. The molecule has 6 amide bonds. The fourth-order valence-electron chi connectivity index (χ4n) is 9.79. The summed E-state index contributed by atoms with van der Waals surface area (Å²) in [5, 5.41) is 8.72. The highest BCUT2D eigenvalue weighted by Gasteiger charge is 2.45. The summed E-state index contributed by atoms with van der Waals surface area (Å²) in [6, 6.07) is 19.5. The number of rotatable bonds is 11. The highest BCUT2D eigenvalue weighted by atomic mass is 19.1. The van der Waals surface area contributed by atoms with Crippen molar-refractivity contribution >= 4 is 69.5 Å². The Bertz CT molecular complexity index is 2690. The van der Waals surface area contributed by atoms with Gasteiger partial charge in [-0.05, 0) is 80.0 Å². The highest BCUT2D eigenvalue weighted by molar-refractivity contribution is 6.23. The summed E-state index contributed by atoms with van der Waals surface area (Å²) in [6.45, 7) is 3.55. The maximum absolute atomic E-state index is 15.5. The number of piperidine rings is 2. The second kappa shape index (κ2) is 17.4. The molecule has 6 heterocycles. The first-order valence-electron chi connectivity index (χ1n) is 22.3. The van der Waals surface area contributed by atoms with Gasteiger partial charge in [-0.3, -0.25) is 39.0 Å². The number of aromatic nitrogens is 4. The lowest BCUT2D eigenvalue weighted by molar-refractivity contribution is -0.136. The van der Waals surface area contributed by atoms with Gasteiger partial charge in [0.25, 0.3) is 11.8 Å². The molecule has 17 nitrogen and oxygen atoms in total. The van der Waals surface area contributed by atoms with Crippen LogP contribution in [0.15, 0.2) is 79.4 Å². The first kappa shape index (κ1) is 41.8. The number of anilines is 4. The molecular formula is C47H48FN11O6. The van der Waals surface area contributed by atoms with E-state index >= 15 is 4.39 Å². The fraction of sp³-hybridized carbons (Fsp3) is 0.383. The lowest BCUT2D eigenvalue weighted by Crippen LogP contribution is -2.54.